The number of thiazole rings is 1. The number of nitrogen functional groups attached to an aromatic ring is 1. The molecule has 13 nitrogen and oxygen atoms in total. The molecule has 2 aromatic rings. The Balaban J connectivity index is -0.000000514. The molecular weight excluding hydrogens is 509 g/mol. The van der Waals surface area contributed by atoms with Crippen molar-refractivity contribution in [3.8, 4) is 0 Å². The van der Waals surface area contributed by atoms with Crippen molar-refractivity contribution in [2.75, 3.05) is 12.3 Å². The Morgan fingerprint density at radius 3 is 2.03 bits per heavy atom. The summed E-state index contributed by atoms with van der Waals surface area (Å²) in [5.74, 6) is 1.22. The maximum atomic E-state index is 8.98. The number of aliphatic hydroxyl groups excluding tert-OH is 1. The molecule has 18 heteroatoms. The molecule has 0 bridgehead atoms. The first-order valence-corrected chi connectivity index (χ1v) is 11.3. The maximum Gasteiger partial charge on any atom is 0.466 e. The van der Waals surface area contributed by atoms with E-state index in [4.69, 9.17) is 49.3 Å². The Bertz CT molecular complexity index is 826. The van der Waals surface area contributed by atoms with Gasteiger partial charge in [-0.05, 0) is 6.92 Å². The number of hydrogen-bond donors (Lipinski definition) is 7. The van der Waals surface area contributed by atoms with Crippen LogP contribution in [0, 0.1) is 13.8 Å². The van der Waals surface area contributed by atoms with Crippen LogP contribution in [0.2, 0.25) is 0 Å². The summed E-state index contributed by atoms with van der Waals surface area (Å²) in [6.45, 7) is 4.71. The van der Waals surface area contributed by atoms with Crippen molar-refractivity contribution in [3.63, 3.8) is 0 Å². The summed E-state index contributed by atoms with van der Waals surface area (Å²) in [4.78, 5) is 54.0. The maximum absolute atomic E-state index is 8.98. The summed E-state index contributed by atoms with van der Waals surface area (Å²) in [5, 5.41) is 8.98. The van der Waals surface area contributed by atoms with Gasteiger partial charge in [0.25, 0.3) is 7.82 Å². The Morgan fingerprint density at radius 1 is 1.17 bits per heavy atom. The van der Waals surface area contributed by atoms with Crippen LogP contribution in [0.3, 0.4) is 0 Å². The highest BCUT2D eigenvalue weighted by molar-refractivity contribution is 7.45. The number of aromatic nitrogens is 3. The molecule has 0 fully saturated rings. The number of halogens is 2. The van der Waals surface area contributed by atoms with Gasteiger partial charge in [-0.3, -0.25) is 4.57 Å². The number of aliphatic hydroxyl groups is 1. The second kappa shape index (κ2) is 15.1. The van der Waals surface area contributed by atoms with E-state index in [2.05, 4.69) is 14.5 Å². The molecule has 8 N–H and O–H groups in total. The Hall–Kier alpha value is -0.730. The quantitative estimate of drug-likeness (QED) is 0.184. The van der Waals surface area contributed by atoms with Crippen molar-refractivity contribution in [2.24, 2.45) is 0 Å². The van der Waals surface area contributed by atoms with Gasteiger partial charge in [0, 0.05) is 26.1 Å². The fourth-order valence-electron chi connectivity index (χ4n) is 1.77. The lowest BCUT2D eigenvalue weighted by Crippen LogP contribution is -2.35. The van der Waals surface area contributed by atoms with E-state index in [1.165, 1.54) is 4.88 Å². The molecule has 0 radical (unpaired) electrons. The van der Waals surface area contributed by atoms with Crippen molar-refractivity contribution in [2.45, 2.75) is 26.8 Å². The Morgan fingerprint density at radius 2 is 1.63 bits per heavy atom. The van der Waals surface area contributed by atoms with Gasteiger partial charge < -0.3 is 40.2 Å². The number of aryl methyl sites for hydroxylation is 1. The van der Waals surface area contributed by atoms with E-state index in [1.54, 1.807) is 17.5 Å². The van der Waals surface area contributed by atoms with Gasteiger partial charge >= 0.3 is 7.82 Å². The molecule has 2 rings (SSSR count). The van der Waals surface area contributed by atoms with Crippen molar-refractivity contribution < 1.29 is 48.2 Å². The van der Waals surface area contributed by atoms with Crippen LogP contribution in [-0.2, 0) is 22.1 Å². The van der Waals surface area contributed by atoms with Gasteiger partial charge in [-0.25, -0.2) is 14.5 Å². The third-order valence-corrected chi connectivity index (χ3v) is 4.00. The molecule has 0 aliphatic rings. The van der Waals surface area contributed by atoms with Crippen LogP contribution in [0.25, 0.3) is 0 Å². The number of nitrogens with zero attached hydrogens (tertiary/aromatic N) is 3. The zero-order chi connectivity index (χ0) is 22.1. The van der Waals surface area contributed by atoms with E-state index in [0.29, 0.717) is 24.6 Å². The molecule has 176 valence electrons. The largest absolute Gasteiger partial charge is 0.756 e. The zero-order valence-electron chi connectivity index (χ0n) is 15.7. The third kappa shape index (κ3) is 18.1. The van der Waals surface area contributed by atoms with Crippen molar-refractivity contribution >= 4 is 57.6 Å². The molecule has 0 aliphatic heterocycles. The van der Waals surface area contributed by atoms with Crippen LogP contribution in [-0.4, -0.2) is 46.1 Å². The molecule has 2 aromatic heterocycles. The van der Waals surface area contributed by atoms with E-state index in [9.17, 15) is 0 Å². The van der Waals surface area contributed by atoms with E-state index in [0.717, 1.165) is 11.3 Å². The first-order chi connectivity index (χ1) is 12.6. The van der Waals surface area contributed by atoms with Crippen LogP contribution in [0.1, 0.15) is 22.0 Å². The predicted molar refractivity (Wildman–Crippen MR) is 111 cm³/mol. The summed E-state index contributed by atoms with van der Waals surface area (Å²) in [5.41, 5.74) is 10.0. The lowest BCUT2D eigenvalue weighted by atomic mass is 10.2. The SMILES string of the molecule is Cc1ncc(C[n+]2csc(CCO)c2C)c(N)n1.Cl.Cl.O=P(O)(O)O.O=P([O-])(O)O. The smallest absolute Gasteiger partial charge is 0.466 e. The van der Waals surface area contributed by atoms with Crippen molar-refractivity contribution in [3.05, 3.63) is 33.7 Å². The molecule has 0 amide bonds. The summed E-state index contributed by atoms with van der Waals surface area (Å²) in [7, 11) is -9.53. The second-order valence-electron chi connectivity index (χ2n) is 5.16. The van der Waals surface area contributed by atoms with Gasteiger partial charge in [-0.1, -0.05) is 11.3 Å². The van der Waals surface area contributed by atoms with Gasteiger partial charge in [0.2, 0.25) is 5.51 Å². The van der Waals surface area contributed by atoms with Crippen LogP contribution in [0.5, 0.6) is 0 Å². The summed E-state index contributed by atoms with van der Waals surface area (Å²) >= 11 is 1.65. The summed E-state index contributed by atoms with van der Waals surface area (Å²) in [6.07, 6.45) is 2.47. The Kier molecular flexibility index (Phi) is 17.1. The number of hydrogen-bond acceptors (Lipinski definition) is 8. The molecule has 0 aliphatic carbocycles. The molecule has 0 aromatic carbocycles. The van der Waals surface area contributed by atoms with Gasteiger partial charge in [0.15, 0.2) is 12.2 Å². The van der Waals surface area contributed by atoms with Gasteiger partial charge in [-0.15, -0.1) is 24.8 Å². The number of phosphoric acid groups is 2. The highest BCUT2D eigenvalue weighted by atomic mass is 35.5. The van der Waals surface area contributed by atoms with Crippen LogP contribution in [0.4, 0.5) is 5.82 Å². The van der Waals surface area contributed by atoms with Gasteiger partial charge in [-0.2, -0.15) is 4.57 Å². The van der Waals surface area contributed by atoms with E-state index >= 15 is 0 Å². The average Bonchev–Trinajstić information content (AvgIpc) is 2.80. The molecule has 0 unspecified atom stereocenters. The molecule has 0 atom stereocenters. The van der Waals surface area contributed by atoms with E-state index in [-0.39, 0.29) is 31.4 Å². The minimum Gasteiger partial charge on any atom is -0.756 e. The first kappa shape index (κ1) is 33.9. The van der Waals surface area contributed by atoms with Gasteiger partial charge in [0.05, 0.1) is 10.4 Å². The lowest BCUT2D eigenvalue weighted by molar-refractivity contribution is -0.689. The van der Waals surface area contributed by atoms with E-state index < -0.39 is 15.6 Å². The normalized spacial score (nSPS) is 10.4. The number of nitrogens with two attached hydrogens (primary N) is 1. The van der Waals surface area contributed by atoms with Crippen molar-refractivity contribution in [1.29, 1.82) is 0 Å². The van der Waals surface area contributed by atoms with E-state index in [1.807, 2.05) is 19.4 Å². The fraction of sp³-hybridized carbons (Fsp3) is 0.417. The summed E-state index contributed by atoms with van der Waals surface area (Å²) < 4.78 is 19.8. The minimum atomic E-state index is -4.89. The predicted octanol–water partition coefficient (Wildman–Crippen LogP) is -1.04. The molecular formula is C12H24Cl2N4O9P2S. The highest BCUT2D eigenvalue weighted by Gasteiger charge is 2.17. The average molecular weight is 533 g/mol. The van der Waals surface area contributed by atoms with Crippen LogP contribution < -0.4 is 15.2 Å². The molecule has 30 heavy (non-hydrogen) atoms. The lowest BCUT2D eigenvalue weighted by Gasteiger charge is -2.01. The number of rotatable bonds is 4. The molecule has 0 saturated heterocycles. The second-order valence-corrected chi connectivity index (χ2v) is 8.11. The minimum absolute atomic E-state index is 0. The molecule has 2 heterocycles. The van der Waals surface area contributed by atoms with Crippen LogP contribution >= 0.6 is 51.8 Å². The van der Waals surface area contributed by atoms with Crippen molar-refractivity contribution in [1.82, 2.24) is 9.97 Å². The van der Waals surface area contributed by atoms with Crippen LogP contribution in [0.15, 0.2) is 11.7 Å². The highest BCUT2D eigenvalue weighted by Crippen LogP contribution is 2.25. The fourth-order valence-corrected chi connectivity index (χ4v) is 2.75. The van der Waals surface area contributed by atoms with Gasteiger partial charge in [0.1, 0.15) is 11.6 Å². The zero-order valence-corrected chi connectivity index (χ0v) is 20.0. The topological polar surface area (TPSA) is 234 Å². The molecule has 0 saturated carbocycles. The first-order valence-electron chi connectivity index (χ1n) is 7.32. The number of anilines is 1. The molecule has 0 spiro atoms. The monoisotopic (exact) mass is 532 g/mol. The summed E-state index contributed by atoms with van der Waals surface area (Å²) in [6, 6.07) is 0. The standard InChI is InChI=1S/C12H17N4OS.2ClH.2H3O4P/c1-8-11(3-4-17)18-7-16(8)6-10-5-14-9(2)15-12(10)13;;;2*1-5(2,3)4/h5,7,17H,3-4,6H2,1-2H3,(H2,13,14,15);2*1H;2*(H3,1,2,3,4)/q+1;;;;/p-1. The third-order valence-electron chi connectivity index (χ3n) is 2.85. The Labute approximate surface area is 188 Å².